The maximum atomic E-state index is 12.1. The monoisotopic (exact) mass is 294 g/mol. The number of Topliss-reactive ketones (excluding diaryl/α,β-unsaturated/α-hetero) is 1. The topological polar surface area (TPSA) is 40.6 Å². The van der Waals surface area contributed by atoms with Crippen LogP contribution in [-0.4, -0.2) is 48.2 Å². The van der Waals surface area contributed by atoms with Crippen molar-refractivity contribution in [3.63, 3.8) is 0 Å². The van der Waals surface area contributed by atoms with Gasteiger partial charge in [-0.15, -0.1) is 0 Å². The van der Waals surface area contributed by atoms with Gasteiger partial charge in [0.15, 0.2) is 0 Å². The Kier molecular flexibility index (Phi) is 5.15. The zero-order valence-electron chi connectivity index (χ0n) is 11.6. The summed E-state index contributed by atoms with van der Waals surface area (Å²) in [6.07, 6.45) is 0.980. The number of ketones is 1. The van der Waals surface area contributed by atoms with Crippen molar-refractivity contribution in [3.8, 4) is 0 Å². The fourth-order valence-corrected chi connectivity index (χ4v) is 2.55. The van der Waals surface area contributed by atoms with Crippen molar-refractivity contribution in [2.75, 3.05) is 26.7 Å². The molecule has 1 aliphatic heterocycles. The number of hydrogen-bond donors (Lipinski definition) is 0. The van der Waals surface area contributed by atoms with Gasteiger partial charge in [-0.1, -0.05) is 23.7 Å². The molecule has 0 unspecified atom stereocenters. The van der Waals surface area contributed by atoms with Gasteiger partial charge in [-0.25, -0.2) is 0 Å². The number of nitrogens with zero attached hydrogens (tertiary/aromatic N) is 2. The number of likely N-dealkylation sites (N-methyl/N-ethyl adjacent to an activating group) is 1. The lowest BCUT2D eigenvalue weighted by Gasteiger charge is -2.28. The first kappa shape index (κ1) is 15.0. The van der Waals surface area contributed by atoms with Gasteiger partial charge in [-0.2, -0.15) is 0 Å². The van der Waals surface area contributed by atoms with Gasteiger partial charge in [0.1, 0.15) is 5.78 Å². The molecule has 1 heterocycles. The van der Waals surface area contributed by atoms with Crippen LogP contribution < -0.4 is 0 Å². The van der Waals surface area contributed by atoms with E-state index in [0.29, 0.717) is 44.0 Å². The zero-order valence-corrected chi connectivity index (χ0v) is 12.4. The summed E-state index contributed by atoms with van der Waals surface area (Å²) in [6, 6.07) is 7.64. The van der Waals surface area contributed by atoms with Gasteiger partial charge in [0.05, 0.1) is 6.54 Å². The quantitative estimate of drug-likeness (QED) is 0.852. The minimum atomic E-state index is 0.0852. The van der Waals surface area contributed by atoms with Crippen molar-refractivity contribution in [2.24, 2.45) is 0 Å². The number of carbonyl (C=O) groups excluding carboxylic acids is 2. The van der Waals surface area contributed by atoms with Gasteiger partial charge in [0.25, 0.3) is 0 Å². The van der Waals surface area contributed by atoms with E-state index in [-0.39, 0.29) is 11.7 Å². The smallest absolute Gasteiger partial charge is 0.236 e. The minimum absolute atomic E-state index is 0.0852. The van der Waals surface area contributed by atoms with E-state index in [1.807, 2.05) is 36.2 Å². The molecule has 0 aromatic heterocycles. The molecular weight excluding hydrogens is 276 g/mol. The first-order chi connectivity index (χ1) is 9.54. The van der Waals surface area contributed by atoms with Crippen molar-refractivity contribution in [3.05, 3.63) is 34.9 Å². The molecule has 5 heteroatoms. The number of halogens is 1. The number of benzene rings is 1. The Morgan fingerprint density at radius 2 is 2.05 bits per heavy atom. The van der Waals surface area contributed by atoms with E-state index in [2.05, 4.69) is 0 Å². The molecular formula is C15H19ClN2O2. The number of hydrogen-bond acceptors (Lipinski definition) is 3. The zero-order chi connectivity index (χ0) is 14.5. The van der Waals surface area contributed by atoms with E-state index in [1.165, 1.54) is 0 Å². The molecule has 1 aromatic carbocycles. The highest BCUT2D eigenvalue weighted by Crippen LogP contribution is 2.12. The van der Waals surface area contributed by atoms with Crippen molar-refractivity contribution in [2.45, 2.75) is 19.4 Å². The Bertz CT molecular complexity index is 494. The molecule has 108 valence electrons. The third-order valence-electron chi connectivity index (χ3n) is 3.42. The molecule has 0 spiro atoms. The summed E-state index contributed by atoms with van der Waals surface area (Å²) in [4.78, 5) is 27.0. The predicted octanol–water partition coefficient (Wildman–Crippen LogP) is 1.96. The molecule has 4 nitrogen and oxygen atoms in total. The summed E-state index contributed by atoms with van der Waals surface area (Å²) in [7, 11) is 1.91. The second kappa shape index (κ2) is 6.86. The summed E-state index contributed by atoms with van der Waals surface area (Å²) in [5.74, 6) is 0.336. The van der Waals surface area contributed by atoms with Crippen molar-refractivity contribution < 1.29 is 9.59 Å². The first-order valence-corrected chi connectivity index (χ1v) is 7.15. The van der Waals surface area contributed by atoms with E-state index in [0.717, 1.165) is 5.56 Å². The van der Waals surface area contributed by atoms with Gasteiger partial charge < -0.3 is 4.90 Å². The highest BCUT2D eigenvalue weighted by molar-refractivity contribution is 6.30. The minimum Gasteiger partial charge on any atom is -0.341 e. The molecule has 0 N–H and O–H groups in total. The van der Waals surface area contributed by atoms with Crippen LogP contribution >= 0.6 is 11.6 Å². The second-order valence-electron chi connectivity index (χ2n) is 5.22. The van der Waals surface area contributed by atoms with E-state index >= 15 is 0 Å². The van der Waals surface area contributed by atoms with Crippen LogP contribution in [0.15, 0.2) is 24.3 Å². The molecule has 1 aliphatic rings. The number of carbonyl (C=O) groups is 2. The molecule has 1 amide bonds. The Labute approximate surface area is 124 Å². The van der Waals surface area contributed by atoms with Crippen LogP contribution in [0.1, 0.15) is 18.4 Å². The normalized spacial score (nSPS) is 15.8. The Balaban J connectivity index is 1.83. The molecule has 0 radical (unpaired) electrons. The molecule has 0 aliphatic carbocycles. The van der Waals surface area contributed by atoms with Crippen LogP contribution in [0.3, 0.4) is 0 Å². The maximum Gasteiger partial charge on any atom is 0.236 e. The molecule has 0 atom stereocenters. The molecule has 1 aromatic rings. The maximum absolute atomic E-state index is 12.1. The molecule has 0 saturated carbocycles. The average Bonchev–Trinajstić information content (AvgIpc) is 2.39. The third-order valence-corrected chi connectivity index (χ3v) is 3.66. The van der Waals surface area contributed by atoms with Gasteiger partial charge in [0.2, 0.25) is 5.91 Å². The van der Waals surface area contributed by atoms with Crippen LogP contribution in [-0.2, 0) is 16.1 Å². The van der Waals surface area contributed by atoms with Crippen molar-refractivity contribution >= 4 is 23.3 Å². The lowest BCUT2D eigenvalue weighted by Crippen LogP contribution is -2.43. The first-order valence-electron chi connectivity index (χ1n) is 6.77. The predicted molar refractivity (Wildman–Crippen MR) is 78.6 cm³/mol. The molecule has 0 bridgehead atoms. The number of rotatable bonds is 4. The van der Waals surface area contributed by atoms with Crippen LogP contribution in [0.5, 0.6) is 0 Å². The Morgan fingerprint density at radius 3 is 2.70 bits per heavy atom. The van der Waals surface area contributed by atoms with Crippen LogP contribution in [0.2, 0.25) is 5.02 Å². The number of amides is 1. The van der Waals surface area contributed by atoms with E-state index in [1.54, 1.807) is 4.90 Å². The van der Waals surface area contributed by atoms with Crippen LogP contribution in [0.4, 0.5) is 0 Å². The number of likely N-dealkylation sites (tertiary alicyclic amines) is 1. The summed E-state index contributed by atoms with van der Waals surface area (Å²) in [6.45, 7) is 2.16. The SMILES string of the molecule is CN(CC(=O)N1CCC(=O)CC1)Cc1cccc(Cl)c1. The Morgan fingerprint density at radius 1 is 1.35 bits per heavy atom. The fraction of sp³-hybridized carbons (Fsp3) is 0.467. The summed E-state index contributed by atoms with van der Waals surface area (Å²) >= 11 is 5.94. The van der Waals surface area contributed by atoms with Crippen LogP contribution in [0.25, 0.3) is 0 Å². The standard InChI is InChI=1S/C15H19ClN2O2/c1-17(10-12-3-2-4-13(16)9-12)11-15(20)18-7-5-14(19)6-8-18/h2-4,9H,5-8,10-11H2,1H3. The van der Waals surface area contributed by atoms with Gasteiger partial charge >= 0.3 is 0 Å². The lowest BCUT2D eigenvalue weighted by molar-refractivity contribution is -0.135. The van der Waals surface area contributed by atoms with Crippen molar-refractivity contribution in [1.29, 1.82) is 0 Å². The van der Waals surface area contributed by atoms with Gasteiger partial charge in [-0.05, 0) is 24.7 Å². The largest absolute Gasteiger partial charge is 0.341 e. The lowest BCUT2D eigenvalue weighted by atomic mass is 10.1. The highest BCUT2D eigenvalue weighted by Gasteiger charge is 2.21. The highest BCUT2D eigenvalue weighted by atomic mass is 35.5. The van der Waals surface area contributed by atoms with Gasteiger partial charge in [0, 0.05) is 37.5 Å². The molecule has 1 saturated heterocycles. The fourth-order valence-electron chi connectivity index (χ4n) is 2.34. The van der Waals surface area contributed by atoms with Crippen LogP contribution in [0, 0.1) is 0 Å². The number of piperidine rings is 1. The van der Waals surface area contributed by atoms with E-state index in [4.69, 9.17) is 11.6 Å². The summed E-state index contributed by atoms with van der Waals surface area (Å²) in [5, 5.41) is 0.705. The summed E-state index contributed by atoms with van der Waals surface area (Å²) in [5.41, 5.74) is 1.08. The summed E-state index contributed by atoms with van der Waals surface area (Å²) < 4.78 is 0. The molecule has 2 rings (SSSR count). The Hall–Kier alpha value is -1.39. The van der Waals surface area contributed by atoms with E-state index in [9.17, 15) is 9.59 Å². The second-order valence-corrected chi connectivity index (χ2v) is 5.66. The van der Waals surface area contributed by atoms with E-state index < -0.39 is 0 Å². The molecule has 1 fully saturated rings. The third kappa shape index (κ3) is 4.32. The molecule has 20 heavy (non-hydrogen) atoms. The van der Waals surface area contributed by atoms with Crippen molar-refractivity contribution in [1.82, 2.24) is 9.80 Å². The average molecular weight is 295 g/mol. The van der Waals surface area contributed by atoms with Gasteiger partial charge in [-0.3, -0.25) is 14.5 Å².